The molecule has 24 heavy (non-hydrogen) atoms. The molecular formula is C17H22F3NO3. The summed E-state index contributed by atoms with van der Waals surface area (Å²) >= 11 is 0. The molecule has 1 saturated heterocycles. The van der Waals surface area contributed by atoms with Crippen LogP contribution in [0.25, 0.3) is 0 Å². The minimum Gasteiger partial charge on any atom is -0.444 e. The van der Waals surface area contributed by atoms with E-state index in [1.54, 1.807) is 45.0 Å². The van der Waals surface area contributed by atoms with Crippen LogP contribution in [0.15, 0.2) is 30.3 Å². The number of rotatable bonds is 3. The Labute approximate surface area is 139 Å². The van der Waals surface area contributed by atoms with Gasteiger partial charge in [0.25, 0.3) is 0 Å². The summed E-state index contributed by atoms with van der Waals surface area (Å²) in [6.45, 7) is 4.51. The van der Waals surface area contributed by atoms with Gasteiger partial charge < -0.3 is 14.4 Å². The van der Waals surface area contributed by atoms with Crippen molar-refractivity contribution in [3.8, 4) is 0 Å². The highest BCUT2D eigenvalue weighted by Crippen LogP contribution is 2.36. The molecule has 1 aromatic carbocycles. The number of carbonyl (C=O) groups is 1. The number of carbonyl (C=O) groups excluding carboxylic acids is 1. The lowest BCUT2D eigenvalue weighted by molar-refractivity contribution is -0.196. The normalized spacial score (nSPS) is 21.8. The Bertz CT molecular complexity index is 554. The molecule has 0 spiro atoms. The lowest BCUT2D eigenvalue weighted by atomic mass is 10.1. The molecule has 1 aromatic rings. The number of hydrogen-bond acceptors (Lipinski definition) is 3. The summed E-state index contributed by atoms with van der Waals surface area (Å²) < 4.78 is 50.4. The van der Waals surface area contributed by atoms with Crippen LogP contribution in [-0.4, -0.2) is 42.0 Å². The monoisotopic (exact) mass is 345 g/mol. The van der Waals surface area contributed by atoms with Crippen LogP contribution in [0.2, 0.25) is 0 Å². The number of ether oxygens (including phenoxy) is 2. The zero-order chi connectivity index (χ0) is 18.0. The van der Waals surface area contributed by atoms with Gasteiger partial charge in [0, 0.05) is 6.54 Å². The van der Waals surface area contributed by atoms with E-state index in [4.69, 9.17) is 9.47 Å². The lowest BCUT2D eigenvalue weighted by Gasteiger charge is -2.24. The van der Waals surface area contributed by atoms with Gasteiger partial charge in [-0.2, -0.15) is 13.2 Å². The van der Waals surface area contributed by atoms with E-state index in [2.05, 4.69) is 0 Å². The van der Waals surface area contributed by atoms with Gasteiger partial charge in [-0.3, -0.25) is 0 Å². The largest absolute Gasteiger partial charge is 0.444 e. The number of halogens is 3. The number of hydrogen-bond donors (Lipinski definition) is 0. The van der Waals surface area contributed by atoms with Crippen LogP contribution in [0.3, 0.4) is 0 Å². The van der Waals surface area contributed by atoms with Crippen molar-refractivity contribution in [2.75, 3.05) is 13.1 Å². The smallest absolute Gasteiger partial charge is 0.410 e. The number of benzene rings is 1. The van der Waals surface area contributed by atoms with Crippen LogP contribution in [-0.2, 0) is 16.1 Å². The second kappa shape index (κ2) is 7.01. The first kappa shape index (κ1) is 18.6. The molecule has 0 saturated carbocycles. The summed E-state index contributed by atoms with van der Waals surface area (Å²) in [4.78, 5) is 13.1. The molecular weight excluding hydrogens is 323 g/mol. The second-order valence-electron chi connectivity index (χ2n) is 6.87. The van der Waals surface area contributed by atoms with Gasteiger partial charge >= 0.3 is 12.3 Å². The highest BCUT2D eigenvalue weighted by Gasteiger charge is 2.52. The Morgan fingerprint density at radius 1 is 1.17 bits per heavy atom. The molecule has 7 heteroatoms. The van der Waals surface area contributed by atoms with Gasteiger partial charge in [-0.25, -0.2) is 4.79 Å². The summed E-state index contributed by atoms with van der Waals surface area (Å²) in [6.07, 6.45) is -6.28. The van der Waals surface area contributed by atoms with Crippen LogP contribution in [0.5, 0.6) is 0 Å². The topological polar surface area (TPSA) is 38.8 Å². The van der Waals surface area contributed by atoms with E-state index in [1.165, 1.54) is 0 Å². The summed E-state index contributed by atoms with van der Waals surface area (Å²) in [7, 11) is 0. The fraction of sp³-hybridized carbons (Fsp3) is 0.588. The van der Waals surface area contributed by atoms with Crippen molar-refractivity contribution in [2.45, 2.75) is 45.3 Å². The summed E-state index contributed by atoms with van der Waals surface area (Å²) in [5, 5.41) is 0. The Morgan fingerprint density at radius 3 is 2.33 bits per heavy atom. The van der Waals surface area contributed by atoms with E-state index in [0.717, 1.165) is 10.5 Å². The molecule has 0 aromatic heterocycles. The molecule has 2 atom stereocenters. The summed E-state index contributed by atoms with van der Waals surface area (Å²) in [5.74, 6) is -1.71. The first-order valence-electron chi connectivity index (χ1n) is 7.76. The molecule has 0 radical (unpaired) electrons. The van der Waals surface area contributed by atoms with Crippen molar-refractivity contribution in [3.63, 3.8) is 0 Å². The predicted octanol–water partition coefficient (Wildman–Crippen LogP) is 4.00. The molecule has 0 N–H and O–H groups in total. The standard InChI is InChI=1S/C17H22F3NO3/c1-16(2,3)24-15(22)21-9-13(17(18,19)20)14(10-21)23-11-12-7-5-4-6-8-12/h4-8,13-14H,9-11H2,1-3H3/t13-,14-/m1/s1. The van der Waals surface area contributed by atoms with Crippen LogP contribution >= 0.6 is 0 Å². The highest BCUT2D eigenvalue weighted by atomic mass is 19.4. The van der Waals surface area contributed by atoms with Gasteiger partial charge in [-0.1, -0.05) is 30.3 Å². The van der Waals surface area contributed by atoms with Crippen LogP contribution in [0, 0.1) is 5.92 Å². The highest BCUT2D eigenvalue weighted by molar-refractivity contribution is 5.68. The Hall–Kier alpha value is -1.76. The van der Waals surface area contributed by atoms with E-state index in [0.29, 0.717) is 0 Å². The Morgan fingerprint density at radius 2 is 1.79 bits per heavy atom. The Balaban J connectivity index is 2.03. The van der Waals surface area contributed by atoms with E-state index < -0.39 is 36.4 Å². The van der Waals surface area contributed by atoms with Crippen molar-refractivity contribution < 1.29 is 27.4 Å². The maximum atomic E-state index is 13.3. The lowest BCUT2D eigenvalue weighted by Crippen LogP contribution is -2.36. The minimum atomic E-state index is -4.43. The van der Waals surface area contributed by atoms with Gasteiger partial charge in [0.2, 0.25) is 0 Å². The van der Waals surface area contributed by atoms with E-state index in [9.17, 15) is 18.0 Å². The molecule has 0 bridgehead atoms. The van der Waals surface area contributed by atoms with Crippen molar-refractivity contribution >= 4 is 6.09 Å². The molecule has 134 valence electrons. The van der Waals surface area contributed by atoms with Crippen molar-refractivity contribution in [1.82, 2.24) is 4.90 Å². The predicted molar refractivity (Wildman–Crippen MR) is 82.4 cm³/mol. The number of nitrogens with zero attached hydrogens (tertiary/aromatic N) is 1. The fourth-order valence-corrected chi connectivity index (χ4v) is 2.51. The molecule has 4 nitrogen and oxygen atoms in total. The maximum absolute atomic E-state index is 13.3. The third kappa shape index (κ3) is 5.12. The third-order valence-electron chi connectivity index (χ3n) is 3.65. The van der Waals surface area contributed by atoms with Crippen LogP contribution < -0.4 is 0 Å². The van der Waals surface area contributed by atoms with Gasteiger partial charge in [-0.05, 0) is 26.3 Å². The first-order chi connectivity index (χ1) is 11.1. The van der Waals surface area contributed by atoms with Gasteiger partial charge in [-0.15, -0.1) is 0 Å². The van der Waals surface area contributed by atoms with Crippen molar-refractivity contribution in [3.05, 3.63) is 35.9 Å². The quantitative estimate of drug-likeness (QED) is 0.831. The molecule has 1 amide bonds. The van der Waals surface area contributed by atoms with Crippen molar-refractivity contribution in [1.29, 1.82) is 0 Å². The maximum Gasteiger partial charge on any atom is 0.410 e. The summed E-state index contributed by atoms with van der Waals surface area (Å²) in [5.41, 5.74) is 0.0301. The summed E-state index contributed by atoms with van der Waals surface area (Å²) in [6, 6.07) is 8.97. The van der Waals surface area contributed by atoms with Crippen LogP contribution in [0.1, 0.15) is 26.3 Å². The van der Waals surface area contributed by atoms with Gasteiger partial charge in [0.15, 0.2) is 0 Å². The molecule has 2 rings (SSSR count). The van der Waals surface area contributed by atoms with Gasteiger partial charge in [0.1, 0.15) is 11.5 Å². The first-order valence-corrected chi connectivity index (χ1v) is 7.76. The molecule has 1 fully saturated rings. The van der Waals surface area contributed by atoms with Gasteiger partial charge in [0.05, 0.1) is 19.3 Å². The zero-order valence-electron chi connectivity index (χ0n) is 14.0. The van der Waals surface area contributed by atoms with E-state index in [-0.39, 0.29) is 13.2 Å². The number of likely N-dealkylation sites (tertiary alicyclic amines) is 1. The average Bonchev–Trinajstić information content (AvgIpc) is 2.89. The SMILES string of the molecule is CC(C)(C)OC(=O)N1C[C@@H](C(F)(F)F)[C@H](OCc2ccccc2)C1. The second-order valence-corrected chi connectivity index (χ2v) is 6.87. The fourth-order valence-electron chi connectivity index (χ4n) is 2.51. The van der Waals surface area contributed by atoms with E-state index in [1.807, 2.05) is 6.07 Å². The zero-order valence-corrected chi connectivity index (χ0v) is 14.0. The molecule has 0 aliphatic carbocycles. The minimum absolute atomic E-state index is 0.0697. The number of alkyl halides is 3. The molecule has 1 heterocycles. The van der Waals surface area contributed by atoms with Crippen LogP contribution in [0.4, 0.5) is 18.0 Å². The Kier molecular flexibility index (Phi) is 5.42. The number of amides is 1. The average molecular weight is 345 g/mol. The molecule has 0 unspecified atom stereocenters. The molecule has 1 aliphatic rings. The third-order valence-corrected chi connectivity index (χ3v) is 3.65. The molecule has 1 aliphatic heterocycles. The van der Waals surface area contributed by atoms with E-state index >= 15 is 0 Å². The van der Waals surface area contributed by atoms with Crippen molar-refractivity contribution in [2.24, 2.45) is 5.92 Å².